The summed E-state index contributed by atoms with van der Waals surface area (Å²) in [5.41, 5.74) is 1.13. The van der Waals surface area contributed by atoms with Gasteiger partial charge in [-0.25, -0.2) is 19.2 Å². The molecule has 1 fully saturated rings. The normalized spacial score (nSPS) is 16.7. The lowest BCUT2D eigenvalue weighted by atomic mass is 9.90. The lowest BCUT2D eigenvalue weighted by Gasteiger charge is -2.34. The number of halogens is 3. The number of rotatable bonds is 3. The van der Waals surface area contributed by atoms with E-state index in [1.807, 2.05) is 39.0 Å². The maximum Gasteiger partial charge on any atom is 0.410 e. The number of likely N-dealkylation sites (tertiary alicyclic amines) is 1. The van der Waals surface area contributed by atoms with Crippen LogP contribution in [0.2, 0.25) is 10.0 Å². The zero-order chi connectivity index (χ0) is 23.8. The van der Waals surface area contributed by atoms with Gasteiger partial charge in [-0.05, 0) is 63.4 Å². The van der Waals surface area contributed by atoms with Gasteiger partial charge in [0.1, 0.15) is 11.9 Å². The summed E-state index contributed by atoms with van der Waals surface area (Å²) >= 11 is 11.8. The van der Waals surface area contributed by atoms with Crippen molar-refractivity contribution in [1.29, 1.82) is 0 Å². The number of carbonyl (C=O) groups excluding carboxylic acids is 1. The number of aromatic nitrogens is 2. The van der Waals surface area contributed by atoms with E-state index in [9.17, 15) is 9.18 Å². The van der Waals surface area contributed by atoms with Crippen molar-refractivity contribution in [3.05, 3.63) is 58.1 Å². The van der Waals surface area contributed by atoms with E-state index in [4.69, 9.17) is 32.7 Å². The van der Waals surface area contributed by atoms with Crippen molar-refractivity contribution in [2.45, 2.75) is 45.1 Å². The number of piperidine rings is 1. The Bertz CT molecular complexity index is 1200. The summed E-state index contributed by atoms with van der Waals surface area (Å²) in [7, 11) is 0. The predicted molar refractivity (Wildman–Crippen MR) is 126 cm³/mol. The molecule has 33 heavy (non-hydrogen) atoms. The van der Waals surface area contributed by atoms with Crippen LogP contribution in [0.15, 0.2) is 36.7 Å². The number of benzene rings is 2. The number of ether oxygens (including phenoxy) is 2. The van der Waals surface area contributed by atoms with Crippen LogP contribution in [0.3, 0.4) is 0 Å². The Balaban J connectivity index is 1.62. The van der Waals surface area contributed by atoms with Gasteiger partial charge in [-0.15, -0.1) is 0 Å². The van der Waals surface area contributed by atoms with Gasteiger partial charge in [0.2, 0.25) is 5.88 Å². The largest absolute Gasteiger partial charge is 0.444 e. The van der Waals surface area contributed by atoms with Gasteiger partial charge in [0, 0.05) is 19.0 Å². The third-order valence-corrected chi connectivity index (χ3v) is 6.15. The molecule has 0 spiro atoms. The third kappa shape index (κ3) is 5.31. The van der Waals surface area contributed by atoms with Gasteiger partial charge in [-0.2, -0.15) is 0 Å². The quantitative estimate of drug-likeness (QED) is 0.369. The number of nitrogens with zero attached hydrogens (tertiary/aromatic N) is 3. The molecular weight excluding hydrogens is 468 g/mol. The minimum Gasteiger partial charge on any atom is -0.444 e. The van der Waals surface area contributed by atoms with E-state index < -0.39 is 11.4 Å². The van der Waals surface area contributed by atoms with E-state index in [-0.39, 0.29) is 33.7 Å². The van der Waals surface area contributed by atoms with Gasteiger partial charge in [0.05, 0.1) is 20.9 Å². The molecule has 0 aliphatic carbocycles. The summed E-state index contributed by atoms with van der Waals surface area (Å²) in [6, 6.07) is 8.66. The summed E-state index contributed by atoms with van der Waals surface area (Å²) in [4.78, 5) is 22.8. The molecule has 1 aromatic heterocycles. The number of amides is 1. The van der Waals surface area contributed by atoms with Crippen LogP contribution in [0.25, 0.3) is 10.9 Å². The molecule has 4 rings (SSSR count). The van der Waals surface area contributed by atoms with E-state index in [0.29, 0.717) is 24.0 Å². The topological polar surface area (TPSA) is 64.5 Å². The van der Waals surface area contributed by atoms with Gasteiger partial charge in [0.15, 0.2) is 11.6 Å². The number of fused-ring (bicyclic) bond motifs is 1. The molecule has 0 bridgehead atoms. The van der Waals surface area contributed by atoms with Crippen LogP contribution in [0.5, 0.6) is 11.6 Å². The van der Waals surface area contributed by atoms with Crippen molar-refractivity contribution in [2.75, 3.05) is 13.1 Å². The Morgan fingerprint density at radius 1 is 1.18 bits per heavy atom. The summed E-state index contributed by atoms with van der Waals surface area (Å²) in [5, 5.41) is 0.524. The predicted octanol–water partition coefficient (Wildman–Crippen LogP) is 6.98. The van der Waals surface area contributed by atoms with E-state index in [1.54, 1.807) is 4.90 Å². The lowest BCUT2D eigenvalue weighted by molar-refractivity contribution is 0.0198. The minimum absolute atomic E-state index is 0.0800. The van der Waals surface area contributed by atoms with Crippen molar-refractivity contribution in [2.24, 2.45) is 0 Å². The minimum atomic E-state index is -0.757. The second-order valence-electron chi connectivity index (χ2n) is 9.00. The number of hydrogen-bond acceptors (Lipinski definition) is 5. The second kappa shape index (κ2) is 9.31. The molecule has 1 amide bonds. The lowest BCUT2D eigenvalue weighted by Crippen LogP contribution is -2.42. The molecule has 3 aromatic rings. The van der Waals surface area contributed by atoms with Gasteiger partial charge in [-0.3, -0.25) is 0 Å². The van der Waals surface area contributed by atoms with Gasteiger partial charge in [-0.1, -0.05) is 29.3 Å². The third-order valence-electron chi connectivity index (χ3n) is 5.37. The van der Waals surface area contributed by atoms with Crippen LogP contribution in [0.1, 0.15) is 45.1 Å². The monoisotopic (exact) mass is 491 g/mol. The fourth-order valence-corrected chi connectivity index (χ4v) is 4.12. The summed E-state index contributed by atoms with van der Waals surface area (Å²) in [6.45, 7) is 6.77. The first kappa shape index (κ1) is 23.5. The fraction of sp³-hybridized carbons (Fsp3) is 0.375. The van der Waals surface area contributed by atoms with Crippen LogP contribution in [-0.2, 0) is 4.74 Å². The molecule has 0 N–H and O–H groups in total. The smallest absolute Gasteiger partial charge is 0.410 e. The standard InChI is InChI=1S/C24H24Cl2FN3O3/c1-24(2,3)33-23(31)30-10-4-5-15(12-30)14-6-8-18-16(11-14)22(29-13-28-18)32-19-9-7-17(25)20(26)21(19)27/h6-9,11,13,15H,4-5,10,12H2,1-3H3/t15-/m1/s1. The average Bonchev–Trinajstić information content (AvgIpc) is 2.78. The summed E-state index contributed by atoms with van der Waals surface area (Å²) in [6.07, 6.45) is 2.84. The highest BCUT2D eigenvalue weighted by Crippen LogP contribution is 2.36. The Morgan fingerprint density at radius 3 is 2.73 bits per heavy atom. The van der Waals surface area contributed by atoms with Crippen LogP contribution in [0, 0.1) is 5.82 Å². The molecule has 174 valence electrons. The first-order chi connectivity index (χ1) is 15.6. The summed E-state index contributed by atoms with van der Waals surface area (Å²) in [5.74, 6) is -0.514. The zero-order valence-corrected chi connectivity index (χ0v) is 20.1. The fourth-order valence-electron chi connectivity index (χ4n) is 3.82. The molecule has 0 radical (unpaired) electrons. The molecule has 1 aliphatic rings. The van der Waals surface area contributed by atoms with E-state index in [2.05, 4.69) is 9.97 Å². The van der Waals surface area contributed by atoms with E-state index in [0.717, 1.165) is 18.4 Å². The first-order valence-electron chi connectivity index (χ1n) is 10.7. The molecule has 0 unspecified atom stereocenters. The average molecular weight is 492 g/mol. The van der Waals surface area contributed by atoms with Crippen molar-refractivity contribution in [3.63, 3.8) is 0 Å². The Labute approximate surface area is 201 Å². The highest BCUT2D eigenvalue weighted by molar-refractivity contribution is 6.42. The van der Waals surface area contributed by atoms with Crippen molar-refractivity contribution in [1.82, 2.24) is 14.9 Å². The Hall–Kier alpha value is -2.64. The molecule has 2 heterocycles. The maximum atomic E-state index is 14.5. The van der Waals surface area contributed by atoms with Crippen molar-refractivity contribution in [3.8, 4) is 11.6 Å². The van der Waals surface area contributed by atoms with Crippen LogP contribution < -0.4 is 4.74 Å². The van der Waals surface area contributed by atoms with Gasteiger partial charge < -0.3 is 14.4 Å². The highest BCUT2D eigenvalue weighted by Gasteiger charge is 2.28. The molecule has 9 heteroatoms. The zero-order valence-electron chi connectivity index (χ0n) is 18.6. The number of carbonyl (C=O) groups is 1. The highest BCUT2D eigenvalue weighted by atomic mass is 35.5. The van der Waals surface area contributed by atoms with E-state index >= 15 is 0 Å². The Kier molecular flexibility index (Phi) is 6.64. The van der Waals surface area contributed by atoms with Crippen molar-refractivity contribution < 1.29 is 18.7 Å². The molecule has 1 atom stereocenters. The summed E-state index contributed by atoms with van der Waals surface area (Å²) < 4.78 is 25.8. The second-order valence-corrected chi connectivity index (χ2v) is 9.78. The van der Waals surface area contributed by atoms with Crippen LogP contribution in [-0.4, -0.2) is 39.7 Å². The van der Waals surface area contributed by atoms with Crippen LogP contribution >= 0.6 is 23.2 Å². The molecule has 1 aliphatic heterocycles. The maximum absolute atomic E-state index is 14.5. The van der Waals surface area contributed by atoms with Gasteiger partial charge in [0.25, 0.3) is 0 Å². The molecule has 2 aromatic carbocycles. The molecule has 6 nitrogen and oxygen atoms in total. The SMILES string of the molecule is CC(C)(C)OC(=O)N1CCC[C@@H](c2ccc3ncnc(Oc4ccc(Cl)c(Cl)c4F)c3c2)C1. The molecular formula is C24H24Cl2FN3O3. The molecule has 0 saturated carbocycles. The van der Waals surface area contributed by atoms with Crippen LogP contribution in [0.4, 0.5) is 9.18 Å². The number of hydrogen-bond donors (Lipinski definition) is 0. The Morgan fingerprint density at radius 2 is 1.97 bits per heavy atom. The van der Waals surface area contributed by atoms with Gasteiger partial charge >= 0.3 is 6.09 Å². The molecule has 1 saturated heterocycles. The van der Waals surface area contributed by atoms with E-state index in [1.165, 1.54) is 18.5 Å². The van der Waals surface area contributed by atoms with Crippen molar-refractivity contribution >= 4 is 40.2 Å². The first-order valence-corrected chi connectivity index (χ1v) is 11.4.